The Kier molecular flexibility index (Phi) is 2.34. The summed E-state index contributed by atoms with van der Waals surface area (Å²) in [5.74, 6) is 1.09. The quantitative estimate of drug-likeness (QED) is 0.435. The fourth-order valence-corrected chi connectivity index (χ4v) is 3.78. The van der Waals surface area contributed by atoms with Gasteiger partial charge in [0.25, 0.3) is 5.82 Å². The molecule has 118 valence electrons. The van der Waals surface area contributed by atoms with Crippen molar-refractivity contribution in [1.82, 2.24) is 14.5 Å². The number of nitrogens with zero attached hydrogens (tertiary/aromatic N) is 4. The van der Waals surface area contributed by atoms with E-state index >= 15 is 0 Å². The lowest BCUT2D eigenvalue weighted by molar-refractivity contribution is -0.645. The van der Waals surface area contributed by atoms with E-state index in [1.165, 1.54) is 0 Å². The van der Waals surface area contributed by atoms with Gasteiger partial charge in [0.15, 0.2) is 11.1 Å². The Bertz CT molecular complexity index is 1270. The van der Waals surface area contributed by atoms with Crippen molar-refractivity contribution >= 4 is 22.3 Å². The molecule has 25 heavy (non-hydrogen) atoms. The Hall–Kier alpha value is -3.47. The van der Waals surface area contributed by atoms with Gasteiger partial charge in [-0.2, -0.15) is 4.57 Å². The molecule has 0 unspecified atom stereocenters. The molecule has 0 atom stereocenters. The summed E-state index contributed by atoms with van der Waals surface area (Å²) in [6, 6.07) is 18.3. The molecular formula is C20H13N4O+. The third-order valence-corrected chi connectivity index (χ3v) is 4.80. The van der Waals surface area contributed by atoms with E-state index in [2.05, 4.69) is 37.3 Å². The van der Waals surface area contributed by atoms with Crippen LogP contribution in [0.15, 0.2) is 71.4 Å². The number of fused-ring (bicyclic) bond motifs is 7. The van der Waals surface area contributed by atoms with Gasteiger partial charge in [-0.25, -0.2) is 9.55 Å². The van der Waals surface area contributed by atoms with E-state index in [1.807, 2.05) is 48.8 Å². The topological polar surface area (TPSA) is 47.7 Å². The van der Waals surface area contributed by atoms with Crippen LogP contribution in [0.5, 0.6) is 0 Å². The number of rotatable bonds is 1. The van der Waals surface area contributed by atoms with Gasteiger partial charge in [-0.05, 0) is 36.4 Å². The summed E-state index contributed by atoms with van der Waals surface area (Å²) in [6.07, 6.45) is 3.66. The second kappa shape index (κ2) is 4.54. The number of pyridine rings is 2. The lowest BCUT2D eigenvalue weighted by atomic mass is 10.2. The van der Waals surface area contributed by atoms with Crippen LogP contribution < -0.4 is 4.57 Å². The molecule has 0 fully saturated rings. The minimum Gasteiger partial charge on any atom is -0.417 e. The number of imidazole rings is 1. The van der Waals surface area contributed by atoms with Gasteiger partial charge in [-0.3, -0.25) is 4.98 Å². The first-order chi connectivity index (χ1) is 12.4. The maximum Gasteiger partial charge on any atom is 0.346 e. The molecule has 0 saturated heterocycles. The summed E-state index contributed by atoms with van der Waals surface area (Å²) in [6.45, 7) is 0.729. The smallest absolute Gasteiger partial charge is 0.346 e. The molecule has 5 heterocycles. The molecule has 0 bridgehead atoms. The van der Waals surface area contributed by atoms with Gasteiger partial charge < -0.3 is 4.42 Å². The number of furan rings is 1. The zero-order valence-corrected chi connectivity index (χ0v) is 13.3. The van der Waals surface area contributed by atoms with Crippen molar-refractivity contribution in [3.8, 4) is 17.1 Å². The summed E-state index contributed by atoms with van der Waals surface area (Å²) in [7, 11) is 0. The Morgan fingerprint density at radius 1 is 0.920 bits per heavy atom. The predicted molar refractivity (Wildman–Crippen MR) is 93.4 cm³/mol. The molecule has 5 nitrogen and oxygen atoms in total. The molecule has 5 aromatic rings. The molecular weight excluding hydrogens is 312 g/mol. The van der Waals surface area contributed by atoms with Crippen LogP contribution in [0.3, 0.4) is 0 Å². The summed E-state index contributed by atoms with van der Waals surface area (Å²) >= 11 is 0. The third kappa shape index (κ3) is 1.59. The molecule has 0 spiro atoms. The summed E-state index contributed by atoms with van der Waals surface area (Å²) in [4.78, 5) is 9.14. The molecule has 1 aliphatic rings. The van der Waals surface area contributed by atoms with Gasteiger partial charge in [0.1, 0.15) is 12.2 Å². The van der Waals surface area contributed by atoms with Gasteiger partial charge in [0, 0.05) is 12.4 Å². The standard InChI is InChI=1S/C20H13N4O/c1-2-6-13(7-3-1)24-19-14-8-4-10-21-15(14)12-23(19)18-17-16(25-20(18)24)9-5-11-22-17/h1-11H,12H2/q+1. The second-order valence-corrected chi connectivity index (χ2v) is 6.18. The summed E-state index contributed by atoms with van der Waals surface area (Å²) in [5, 5.41) is 0. The predicted octanol–water partition coefficient (Wildman–Crippen LogP) is 3.48. The van der Waals surface area contributed by atoms with Crippen LogP contribution in [-0.4, -0.2) is 14.5 Å². The normalized spacial score (nSPS) is 12.6. The van der Waals surface area contributed by atoms with Crippen molar-refractivity contribution in [2.45, 2.75) is 6.54 Å². The van der Waals surface area contributed by atoms with Crippen LogP contribution in [0, 0.1) is 0 Å². The van der Waals surface area contributed by atoms with Crippen molar-refractivity contribution in [3.63, 3.8) is 0 Å². The molecule has 6 rings (SSSR count). The van der Waals surface area contributed by atoms with Crippen LogP contribution >= 0.6 is 0 Å². The van der Waals surface area contributed by atoms with Gasteiger partial charge in [0.2, 0.25) is 5.52 Å². The monoisotopic (exact) mass is 325 g/mol. The SMILES string of the molecule is c1ccc(-n2c3[n+](c4c5ncccc5oc42)Cc2ncccc2-3)cc1. The first kappa shape index (κ1) is 12.9. The molecule has 0 N–H and O–H groups in total. The first-order valence-corrected chi connectivity index (χ1v) is 8.23. The number of hydrogen-bond acceptors (Lipinski definition) is 3. The van der Waals surface area contributed by atoms with E-state index in [1.54, 1.807) is 0 Å². The largest absolute Gasteiger partial charge is 0.417 e. The van der Waals surface area contributed by atoms with Gasteiger partial charge in [0.05, 0.1) is 11.3 Å². The van der Waals surface area contributed by atoms with Gasteiger partial charge in [-0.15, -0.1) is 0 Å². The Morgan fingerprint density at radius 2 is 1.76 bits per heavy atom. The maximum absolute atomic E-state index is 6.21. The summed E-state index contributed by atoms with van der Waals surface area (Å²) < 4.78 is 10.6. The van der Waals surface area contributed by atoms with E-state index in [4.69, 9.17) is 4.42 Å². The molecule has 0 amide bonds. The van der Waals surface area contributed by atoms with Crippen LogP contribution in [0.4, 0.5) is 0 Å². The number of benzene rings is 1. The maximum atomic E-state index is 6.21. The molecule has 0 aliphatic carbocycles. The molecule has 1 aromatic carbocycles. The Labute approximate surface area is 142 Å². The highest BCUT2D eigenvalue weighted by Crippen LogP contribution is 2.36. The zero-order chi connectivity index (χ0) is 16.4. The Morgan fingerprint density at radius 3 is 2.68 bits per heavy atom. The van der Waals surface area contributed by atoms with Crippen molar-refractivity contribution in [2.24, 2.45) is 0 Å². The lowest BCUT2D eigenvalue weighted by Gasteiger charge is -1.99. The van der Waals surface area contributed by atoms with E-state index in [-0.39, 0.29) is 0 Å². The molecule has 5 heteroatoms. The highest BCUT2D eigenvalue weighted by Gasteiger charge is 2.39. The van der Waals surface area contributed by atoms with E-state index in [0.717, 1.165) is 51.6 Å². The fourth-order valence-electron chi connectivity index (χ4n) is 3.78. The van der Waals surface area contributed by atoms with Gasteiger partial charge >= 0.3 is 5.71 Å². The lowest BCUT2D eigenvalue weighted by Crippen LogP contribution is -2.31. The number of para-hydroxylation sites is 1. The molecule has 4 aromatic heterocycles. The minimum absolute atomic E-state index is 0.729. The fraction of sp³-hybridized carbons (Fsp3) is 0.0500. The van der Waals surface area contributed by atoms with Crippen LogP contribution in [-0.2, 0) is 6.54 Å². The van der Waals surface area contributed by atoms with Crippen molar-refractivity contribution in [3.05, 3.63) is 72.7 Å². The third-order valence-electron chi connectivity index (χ3n) is 4.80. The zero-order valence-electron chi connectivity index (χ0n) is 13.3. The first-order valence-electron chi connectivity index (χ1n) is 8.23. The average molecular weight is 325 g/mol. The van der Waals surface area contributed by atoms with Crippen LogP contribution in [0.2, 0.25) is 0 Å². The average Bonchev–Trinajstić information content (AvgIpc) is 3.29. The Balaban J connectivity index is 1.83. The molecule has 1 aliphatic heterocycles. The van der Waals surface area contributed by atoms with Crippen molar-refractivity contribution in [1.29, 1.82) is 0 Å². The van der Waals surface area contributed by atoms with Gasteiger partial charge in [-0.1, -0.05) is 18.2 Å². The van der Waals surface area contributed by atoms with Crippen molar-refractivity contribution in [2.75, 3.05) is 0 Å². The molecule has 0 saturated carbocycles. The van der Waals surface area contributed by atoms with Crippen LogP contribution in [0.25, 0.3) is 39.4 Å². The second-order valence-electron chi connectivity index (χ2n) is 6.18. The summed E-state index contributed by atoms with van der Waals surface area (Å²) in [5.41, 5.74) is 6.82. The van der Waals surface area contributed by atoms with Crippen LogP contribution in [0.1, 0.15) is 5.69 Å². The van der Waals surface area contributed by atoms with E-state index in [0.29, 0.717) is 0 Å². The highest BCUT2D eigenvalue weighted by molar-refractivity contribution is 5.98. The van der Waals surface area contributed by atoms with E-state index in [9.17, 15) is 0 Å². The number of hydrogen-bond donors (Lipinski definition) is 0. The van der Waals surface area contributed by atoms with E-state index < -0.39 is 0 Å². The highest BCUT2D eigenvalue weighted by atomic mass is 16.3. The number of aromatic nitrogens is 4. The molecule has 0 radical (unpaired) electrons. The minimum atomic E-state index is 0.729. The van der Waals surface area contributed by atoms with Crippen molar-refractivity contribution < 1.29 is 8.98 Å².